The number of benzene rings is 4. The van der Waals surface area contributed by atoms with Gasteiger partial charge in [-0.25, -0.2) is 0 Å². The highest BCUT2D eigenvalue weighted by Crippen LogP contribution is 2.37. The van der Waals surface area contributed by atoms with Crippen molar-refractivity contribution in [2.45, 2.75) is 20.8 Å². The molecule has 0 aliphatic carbocycles. The quantitative estimate of drug-likeness (QED) is 0.369. The SMILES string of the molecule is Cc1ccc2ccc(-c3cccc(C)c3-c3ccccc3C)cc2c1. The van der Waals surface area contributed by atoms with Crippen molar-refractivity contribution in [3.63, 3.8) is 0 Å². The fraction of sp³-hybridized carbons (Fsp3) is 0.120. The number of hydrogen-bond acceptors (Lipinski definition) is 0. The van der Waals surface area contributed by atoms with Gasteiger partial charge in [0.2, 0.25) is 0 Å². The van der Waals surface area contributed by atoms with Gasteiger partial charge < -0.3 is 0 Å². The normalized spacial score (nSPS) is 11.0. The molecule has 0 aliphatic heterocycles. The van der Waals surface area contributed by atoms with Crippen LogP contribution in [0.4, 0.5) is 0 Å². The van der Waals surface area contributed by atoms with E-state index in [4.69, 9.17) is 0 Å². The highest BCUT2D eigenvalue weighted by Gasteiger charge is 2.12. The Morgan fingerprint density at radius 2 is 1.24 bits per heavy atom. The van der Waals surface area contributed by atoms with Crippen LogP contribution in [0.5, 0.6) is 0 Å². The summed E-state index contributed by atoms with van der Waals surface area (Å²) < 4.78 is 0. The molecule has 0 fully saturated rings. The first-order valence-electron chi connectivity index (χ1n) is 8.80. The van der Waals surface area contributed by atoms with Crippen LogP contribution in [0.1, 0.15) is 16.7 Å². The second kappa shape index (κ2) is 6.22. The summed E-state index contributed by atoms with van der Waals surface area (Å²) in [6.45, 7) is 6.54. The average molecular weight is 322 g/mol. The van der Waals surface area contributed by atoms with Gasteiger partial charge in [-0.3, -0.25) is 0 Å². The molecule has 0 saturated heterocycles. The Kier molecular flexibility index (Phi) is 3.89. The zero-order valence-corrected chi connectivity index (χ0v) is 15.0. The molecule has 0 radical (unpaired) electrons. The largest absolute Gasteiger partial charge is 0.0620 e. The first-order valence-corrected chi connectivity index (χ1v) is 8.80. The van der Waals surface area contributed by atoms with Crippen molar-refractivity contribution in [3.8, 4) is 22.3 Å². The monoisotopic (exact) mass is 322 g/mol. The molecule has 0 nitrogen and oxygen atoms in total. The van der Waals surface area contributed by atoms with Crippen LogP contribution < -0.4 is 0 Å². The van der Waals surface area contributed by atoms with E-state index in [-0.39, 0.29) is 0 Å². The molecule has 0 bridgehead atoms. The maximum Gasteiger partial charge on any atom is -0.00735 e. The molecular weight excluding hydrogens is 300 g/mol. The van der Waals surface area contributed by atoms with Crippen LogP contribution in [-0.4, -0.2) is 0 Å². The lowest BCUT2D eigenvalue weighted by molar-refractivity contribution is 1.41. The summed E-state index contributed by atoms with van der Waals surface area (Å²) in [5.74, 6) is 0. The summed E-state index contributed by atoms with van der Waals surface area (Å²) in [5, 5.41) is 2.59. The van der Waals surface area contributed by atoms with Gasteiger partial charge in [0.1, 0.15) is 0 Å². The van der Waals surface area contributed by atoms with Crippen molar-refractivity contribution in [2.75, 3.05) is 0 Å². The lowest BCUT2D eigenvalue weighted by atomic mass is 9.88. The van der Waals surface area contributed by atoms with Crippen LogP contribution >= 0.6 is 0 Å². The molecule has 0 saturated carbocycles. The van der Waals surface area contributed by atoms with Crippen LogP contribution in [0.15, 0.2) is 78.9 Å². The Morgan fingerprint density at radius 3 is 2.08 bits per heavy atom. The fourth-order valence-electron chi connectivity index (χ4n) is 3.65. The summed E-state index contributed by atoms with van der Waals surface area (Å²) in [7, 11) is 0. The molecule has 0 atom stereocenters. The third-order valence-corrected chi connectivity index (χ3v) is 4.99. The summed E-state index contributed by atoms with van der Waals surface area (Å²) in [5.41, 5.74) is 9.17. The van der Waals surface area contributed by atoms with Crippen molar-refractivity contribution in [2.24, 2.45) is 0 Å². The summed E-state index contributed by atoms with van der Waals surface area (Å²) in [4.78, 5) is 0. The summed E-state index contributed by atoms with van der Waals surface area (Å²) in [6, 6.07) is 28.7. The Hall–Kier alpha value is -2.86. The van der Waals surface area contributed by atoms with Crippen LogP contribution in [0.2, 0.25) is 0 Å². The van der Waals surface area contributed by atoms with Crippen molar-refractivity contribution in [1.29, 1.82) is 0 Å². The van der Waals surface area contributed by atoms with E-state index in [1.54, 1.807) is 0 Å². The first-order chi connectivity index (χ1) is 12.1. The van der Waals surface area contributed by atoms with E-state index in [2.05, 4.69) is 99.6 Å². The molecule has 4 rings (SSSR count). The van der Waals surface area contributed by atoms with Crippen LogP contribution in [0.3, 0.4) is 0 Å². The Morgan fingerprint density at radius 1 is 0.520 bits per heavy atom. The van der Waals surface area contributed by atoms with E-state index in [0.29, 0.717) is 0 Å². The van der Waals surface area contributed by atoms with Crippen LogP contribution in [0.25, 0.3) is 33.0 Å². The lowest BCUT2D eigenvalue weighted by Gasteiger charge is -2.16. The third-order valence-electron chi connectivity index (χ3n) is 4.99. The van der Waals surface area contributed by atoms with Gasteiger partial charge in [0, 0.05) is 0 Å². The molecule has 0 N–H and O–H groups in total. The van der Waals surface area contributed by atoms with Gasteiger partial charge >= 0.3 is 0 Å². The van der Waals surface area contributed by atoms with Gasteiger partial charge in [0.05, 0.1) is 0 Å². The van der Waals surface area contributed by atoms with Gasteiger partial charge in [-0.15, -0.1) is 0 Å². The highest BCUT2D eigenvalue weighted by atomic mass is 14.2. The Labute approximate surface area is 149 Å². The molecule has 0 unspecified atom stereocenters. The minimum Gasteiger partial charge on any atom is -0.0620 e. The predicted molar refractivity (Wildman–Crippen MR) is 109 cm³/mol. The fourth-order valence-corrected chi connectivity index (χ4v) is 3.65. The maximum absolute atomic E-state index is 2.32. The van der Waals surface area contributed by atoms with E-state index in [1.807, 2.05) is 0 Å². The van der Waals surface area contributed by atoms with Crippen molar-refractivity contribution >= 4 is 10.8 Å². The minimum absolute atomic E-state index is 1.28. The van der Waals surface area contributed by atoms with Gasteiger partial charge in [0.25, 0.3) is 0 Å². The first kappa shape index (κ1) is 15.7. The van der Waals surface area contributed by atoms with E-state index in [9.17, 15) is 0 Å². The minimum atomic E-state index is 1.28. The molecule has 0 aromatic heterocycles. The Bertz CT molecular complexity index is 1070. The van der Waals surface area contributed by atoms with Gasteiger partial charge in [-0.1, -0.05) is 78.4 Å². The number of aryl methyl sites for hydroxylation is 3. The molecule has 122 valence electrons. The van der Waals surface area contributed by atoms with E-state index < -0.39 is 0 Å². The molecule has 4 aromatic rings. The Balaban J connectivity index is 1.98. The van der Waals surface area contributed by atoms with Gasteiger partial charge in [0.15, 0.2) is 0 Å². The third kappa shape index (κ3) is 2.85. The zero-order valence-electron chi connectivity index (χ0n) is 15.0. The lowest BCUT2D eigenvalue weighted by Crippen LogP contribution is -1.91. The zero-order chi connectivity index (χ0) is 17.4. The summed E-state index contributed by atoms with van der Waals surface area (Å²) in [6.07, 6.45) is 0. The standard InChI is InChI=1S/C25H22/c1-17-11-12-20-13-14-21(16-22(20)15-17)24-10-6-8-19(3)25(24)23-9-5-4-7-18(23)2/h4-16H,1-3H3. The van der Waals surface area contributed by atoms with Gasteiger partial charge in [-0.2, -0.15) is 0 Å². The molecule has 4 aromatic carbocycles. The van der Waals surface area contributed by atoms with E-state index >= 15 is 0 Å². The van der Waals surface area contributed by atoms with Crippen molar-refractivity contribution < 1.29 is 0 Å². The molecule has 0 aliphatic rings. The van der Waals surface area contributed by atoms with E-state index in [1.165, 1.54) is 49.7 Å². The molecule has 0 heterocycles. The topological polar surface area (TPSA) is 0 Å². The molecule has 0 amide bonds. The second-order valence-corrected chi connectivity index (χ2v) is 6.88. The van der Waals surface area contributed by atoms with Crippen molar-refractivity contribution in [3.05, 3.63) is 95.6 Å². The number of hydrogen-bond donors (Lipinski definition) is 0. The molecule has 0 heteroatoms. The number of rotatable bonds is 2. The average Bonchev–Trinajstić information content (AvgIpc) is 2.62. The summed E-state index contributed by atoms with van der Waals surface area (Å²) >= 11 is 0. The maximum atomic E-state index is 2.32. The van der Waals surface area contributed by atoms with Crippen molar-refractivity contribution in [1.82, 2.24) is 0 Å². The van der Waals surface area contributed by atoms with E-state index in [0.717, 1.165) is 0 Å². The molecule has 0 spiro atoms. The molecular formula is C25H22. The highest BCUT2D eigenvalue weighted by molar-refractivity contribution is 5.92. The van der Waals surface area contributed by atoms with Crippen LogP contribution in [-0.2, 0) is 0 Å². The van der Waals surface area contributed by atoms with Crippen LogP contribution in [0, 0.1) is 20.8 Å². The van der Waals surface area contributed by atoms with Gasteiger partial charge in [-0.05, 0) is 71.0 Å². The number of fused-ring (bicyclic) bond motifs is 1. The molecule has 25 heavy (non-hydrogen) atoms. The predicted octanol–water partition coefficient (Wildman–Crippen LogP) is 7.10. The second-order valence-electron chi connectivity index (χ2n) is 6.88. The smallest absolute Gasteiger partial charge is 0.00735 e.